The normalized spacial score (nSPS) is 39.6. The summed E-state index contributed by atoms with van der Waals surface area (Å²) in [4.78, 5) is 14.1. The van der Waals surface area contributed by atoms with Crippen LogP contribution in [0.4, 0.5) is 0 Å². The van der Waals surface area contributed by atoms with Crippen LogP contribution in [0, 0.1) is 23.2 Å². The molecule has 4 atom stereocenters. The predicted molar refractivity (Wildman–Crippen MR) is 70.8 cm³/mol. The third-order valence-electron chi connectivity index (χ3n) is 4.96. The van der Waals surface area contributed by atoms with E-state index in [9.17, 15) is 9.90 Å². The SMILES string of the molecule is CC1CC(C)(C)C(CN)C1N1CC(CO)CC1=O. The smallest absolute Gasteiger partial charge is 0.223 e. The molecule has 0 aromatic heterocycles. The molecule has 1 aliphatic heterocycles. The Bertz CT molecular complexity index is 330. The molecule has 0 aromatic carbocycles. The van der Waals surface area contributed by atoms with Gasteiger partial charge in [-0.3, -0.25) is 4.79 Å². The number of aliphatic hydroxyl groups excluding tert-OH is 1. The fraction of sp³-hybridized carbons (Fsp3) is 0.929. The molecule has 0 aromatic rings. The third kappa shape index (κ3) is 2.16. The lowest BCUT2D eigenvalue weighted by molar-refractivity contribution is -0.131. The number of hydrogen-bond donors (Lipinski definition) is 2. The van der Waals surface area contributed by atoms with E-state index in [-0.39, 0.29) is 29.9 Å². The van der Waals surface area contributed by atoms with Crippen molar-refractivity contribution in [2.24, 2.45) is 28.9 Å². The van der Waals surface area contributed by atoms with Gasteiger partial charge in [-0.05, 0) is 30.2 Å². The molecule has 0 radical (unpaired) electrons. The van der Waals surface area contributed by atoms with Crippen molar-refractivity contribution in [1.82, 2.24) is 4.90 Å². The maximum atomic E-state index is 12.1. The van der Waals surface area contributed by atoms with Gasteiger partial charge in [0, 0.05) is 31.5 Å². The highest BCUT2D eigenvalue weighted by Gasteiger charge is 2.50. The molecule has 2 aliphatic rings. The van der Waals surface area contributed by atoms with Crippen LogP contribution in [0.25, 0.3) is 0 Å². The van der Waals surface area contributed by atoms with Crippen molar-refractivity contribution in [3.8, 4) is 0 Å². The number of likely N-dealkylation sites (tertiary alicyclic amines) is 1. The fourth-order valence-corrected chi connectivity index (χ4v) is 4.16. The highest BCUT2D eigenvalue weighted by molar-refractivity contribution is 5.79. The van der Waals surface area contributed by atoms with Gasteiger partial charge in [0.15, 0.2) is 0 Å². The van der Waals surface area contributed by atoms with Crippen LogP contribution in [0.15, 0.2) is 0 Å². The number of carbonyl (C=O) groups is 1. The largest absolute Gasteiger partial charge is 0.396 e. The van der Waals surface area contributed by atoms with Crippen LogP contribution in [0.3, 0.4) is 0 Å². The van der Waals surface area contributed by atoms with Crippen LogP contribution in [0.2, 0.25) is 0 Å². The van der Waals surface area contributed by atoms with Crippen LogP contribution in [0.5, 0.6) is 0 Å². The molecule has 104 valence electrons. The van der Waals surface area contributed by atoms with E-state index in [4.69, 9.17) is 5.73 Å². The lowest BCUT2D eigenvalue weighted by atomic mass is 9.80. The Morgan fingerprint density at radius 2 is 2.17 bits per heavy atom. The topological polar surface area (TPSA) is 66.6 Å². The van der Waals surface area contributed by atoms with Crippen LogP contribution < -0.4 is 5.73 Å². The number of aliphatic hydroxyl groups is 1. The maximum Gasteiger partial charge on any atom is 0.223 e. The molecule has 1 aliphatic carbocycles. The Labute approximate surface area is 110 Å². The van der Waals surface area contributed by atoms with Gasteiger partial charge < -0.3 is 15.7 Å². The first-order valence-electron chi connectivity index (χ1n) is 7.01. The molecule has 0 spiro atoms. The third-order valence-corrected chi connectivity index (χ3v) is 4.96. The Hall–Kier alpha value is -0.610. The van der Waals surface area contributed by atoms with Crippen LogP contribution in [-0.4, -0.2) is 41.7 Å². The summed E-state index contributed by atoms with van der Waals surface area (Å²) >= 11 is 0. The molecular formula is C14H26N2O2. The van der Waals surface area contributed by atoms with Crippen LogP contribution in [0.1, 0.15) is 33.6 Å². The van der Waals surface area contributed by atoms with Crippen molar-refractivity contribution in [3.63, 3.8) is 0 Å². The zero-order valence-electron chi connectivity index (χ0n) is 11.7. The molecule has 0 bridgehead atoms. The van der Waals surface area contributed by atoms with Crippen molar-refractivity contribution in [2.75, 3.05) is 19.7 Å². The Kier molecular flexibility index (Phi) is 3.70. The van der Waals surface area contributed by atoms with E-state index in [1.807, 2.05) is 4.90 Å². The number of carbonyl (C=O) groups excluding carboxylic acids is 1. The Morgan fingerprint density at radius 1 is 1.50 bits per heavy atom. The van der Waals surface area contributed by atoms with Crippen molar-refractivity contribution < 1.29 is 9.90 Å². The second-order valence-corrected chi connectivity index (χ2v) is 6.80. The summed E-state index contributed by atoms with van der Waals surface area (Å²) in [5.41, 5.74) is 6.16. The van der Waals surface area contributed by atoms with Crippen LogP contribution in [-0.2, 0) is 4.79 Å². The average Bonchev–Trinajstić information content (AvgIpc) is 2.75. The first-order valence-corrected chi connectivity index (χ1v) is 7.01. The molecule has 18 heavy (non-hydrogen) atoms. The zero-order chi connectivity index (χ0) is 13.5. The van der Waals surface area contributed by atoms with Crippen molar-refractivity contribution in [3.05, 3.63) is 0 Å². The molecule has 1 heterocycles. The predicted octanol–water partition coefficient (Wildman–Crippen LogP) is 0.837. The lowest BCUT2D eigenvalue weighted by Gasteiger charge is -2.35. The van der Waals surface area contributed by atoms with Gasteiger partial charge >= 0.3 is 0 Å². The number of amides is 1. The van der Waals surface area contributed by atoms with Gasteiger partial charge in [-0.25, -0.2) is 0 Å². The summed E-state index contributed by atoms with van der Waals surface area (Å²) in [5.74, 6) is 1.18. The van der Waals surface area contributed by atoms with Gasteiger partial charge in [0.25, 0.3) is 0 Å². The number of nitrogens with zero attached hydrogens (tertiary/aromatic N) is 1. The summed E-state index contributed by atoms with van der Waals surface area (Å²) in [6, 6.07) is 0.258. The minimum Gasteiger partial charge on any atom is -0.396 e. The summed E-state index contributed by atoms with van der Waals surface area (Å²) in [7, 11) is 0. The molecule has 1 amide bonds. The molecule has 1 saturated carbocycles. The van der Waals surface area contributed by atoms with Gasteiger partial charge in [-0.2, -0.15) is 0 Å². The zero-order valence-corrected chi connectivity index (χ0v) is 11.7. The molecule has 2 fully saturated rings. The standard InChI is InChI=1S/C14H26N2O2/c1-9-5-14(2,3)11(6-15)13(9)16-7-10(8-17)4-12(16)18/h9-11,13,17H,4-8,15H2,1-3H3. The highest BCUT2D eigenvalue weighted by atomic mass is 16.3. The lowest BCUT2D eigenvalue weighted by Crippen LogP contribution is -2.46. The second kappa shape index (κ2) is 4.82. The number of nitrogens with two attached hydrogens (primary N) is 1. The maximum absolute atomic E-state index is 12.1. The summed E-state index contributed by atoms with van der Waals surface area (Å²) in [6.45, 7) is 8.18. The van der Waals surface area contributed by atoms with E-state index >= 15 is 0 Å². The van der Waals surface area contributed by atoms with E-state index in [0.29, 0.717) is 31.3 Å². The van der Waals surface area contributed by atoms with E-state index in [1.54, 1.807) is 0 Å². The summed E-state index contributed by atoms with van der Waals surface area (Å²) in [6.07, 6.45) is 1.62. The fourth-order valence-electron chi connectivity index (χ4n) is 4.16. The number of hydrogen-bond acceptors (Lipinski definition) is 3. The van der Waals surface area contributed by atoms with Gasteiger partial charge in [-0.1, -0.05) is 20.8 Å². The van der Waals surface area contributed by atoms with E-state index < -0.39 is 0 Å². The molecule has 4 unspecified atom stereocenters. The molecule has 1 saturated heterocycles. The molecule has 2 rings (SSSR count). The number of rotatable bonds is 3. The first-order chi connectivity index (χ1) is 8.40. The molecular weight excluding hydrogens is 228 g/mol. The quantitative estimate of drug-likeness (QED) is 0.784. The minimum atomic E-state index is 0.111. The van der Waals surface area contributed by atoms with Crippen molar-refractivity contribution in [2.45, 2.75) is 39.7 Å². The van der Waals surface area contributed by atoms with Gasteiger partial charge in [0.2, 0.25) is 5.91 Å². The highest BCUT2D eigenvalue weighted by Crippen LogP contribution is 2.48. The second-order valence-electron chi connectivity index (χ2n) is 6.80. The molecule has 3 N–H and O–H groups in total. The molecule has 4 heteroatoms. The van der Waals surface area contributed by atoms with Crippen molar-refractivity contribution in [1.29, 1.82) is 0 Å². The Morgan fingerprint density at radius 3 is 2.67 bits per heavy atom. The van der Waals surface area contributed by atoms with Gasteiger partial charge in [0.05, 0.1) is 0 Å². The monoisotopic (exact) mass is 254 g/mol. The van der Waals surface area contributed by atoms with Gasteiger partial charge in [-0.15, -0.1) is 0 Å². The molecule has 4 nitrogen and oxygen atoms in total. The van der Waals surface area contributed by atoms with Gasteiger partial charge in [0.1, 0.15) is 0 Å². The Balaban J connectivity index is 2.19. The van der Waals surface area contributed by atoms with Crippen LogP contribution >= 0.6 is 0 Å². The van der Waals surface area contributed by atoms with E-state index in [2.05, 4.69) is 20.8 Å². The first kappa shape index (κ1) is 13.8. The summed E-state index contributed by atoms with van der Waals surface area (Å²) < 4.78 is 0. The minimum absolute atomic E-state index is 0.111. The average molecular weight is 254 g/mol. The van der Waals surface area contributed by atoms with E-state index in [1.165, 1.54) is 0 Å². The summed E-state index contributed by atoms with van der Waals surface area (Å²) in [5, 5.41) is 9.23. The van der Waals surface area contributed by atoms with Crippen molar-refractivity contribution >= 4 is 5.91 Å². The van der Waals surface area contributed by atoms with E-state index in [0.717, 1.165) is 6.42 Å².